The van der Waals surface area contributed by atoms with Crippen LogP contribution in [-0.4, -0.2) is 32.3 Å². The minimum atomic E-state index is -0.506. The van der Waals surface area contributed by atoms with E-state index < -0.39 is 5.97 Å². The van der Waals surface area contributed by atoms with Crippen molar-refractivity contribution >= 4 is 28.6 Å². The van der Waals surface area contributed by atoms with E-state index in [0.29, 0.717) is 15.2 Å². The molecule has 6 heteroatoms. The maximum atomic E-state index is 11.2. The van der Waals surface area contributed by atoms with Gasteiger partial charge in [-0.3, -0.25) is 0 Å². The van der Waals surface area contributed by atoms with Crippen molar-refractivity contribution in [2.45, 2.75) is 0 Å². The lowest BCUT2D eigenvalue weighted by Gasteiger charge is -2.09. The number of halogens is 1. The second-order valence-corrected chi connectivity index (χ2v) is 3.55. The molecule has 0 bridgehead atoms. The van der Waals surface area contributed by atoms with Gasteiger partial charge in [0.1, 0.15) is 3.70 Å². The standard InChI is InChI=1S/C9H10INO4/c1-13-6-4-5(9(12)15-3)11-8(10)7(6)14-2/h4H,1-3H3. The third-order valence-corrected chi connectivity index (χ3v) is 2.45. The number of esters is 1. The molecule has 1 aromatic heterocycles. The summed E-state index contributed by atoms with van der Waals surface area (Å²) in [7, 11) is 4.31. The van der Waals surface area contributed by atoms with Gasteiger partial charge in [0, 0.05) is 6.07 Å². The fraction of sp³-hybridized carbons (Fsp3) is 0.333. The van der Waals surface area contributed by atoms with E-state index in [0.717, 1.165) is 0 Å². The maximum absolute atomic E-state index is 11.2. The molecule has 1 heterocycles. The lowest BCUT2D eigenvalue weighted by Crippen LogP contribution is -2.07. The molecule has 0 saturated carbocycles. The molecule has 0 atom stereocenters. The molecule has 0 aliphatic heterocycles. The second-order valence-electron chi connectivity index (χ2n) is 2.53. The Morgan fingerprint density at radius 3 is 2.47 bits per heavy atom. The fourth-order valence-electron chi connectivity index (χ4n) is 1.03. The minimum Gasteiger partial charge on any atom is -0.493 e. The van der Waals surface area contributed by atoms with E-state index in [1.807, 2.05) is 22.6 Å². The number of pyridine rings is 1. The van der Waals surface area contributed by atoms with Crippen LogP contribution in [0.25, 0.3) is 0 Å². The highest BCUT2D eigenvalue weighted by molar-refractivity contribution is 14.1. The van der Waals surface area contributed by atoms with Gasteiger partial charge in [-0.2, -0.15) is 0 Å². The Morgan fingerprint density at radius 1 is 1.33 bits per heavy atom. The summed E-state index contributed by atoms with van der Waals surface area (Å²) in [6, 6.07) is 1.48. The van der Waals surface area contributed by atoms with Crippen molar-refractivity contribution in [2.75, 3.05) is 21.3 Å². The molecule has 0 N–H and O–H groups in total. The lowest BCUT2D eigenvalue weighted by atomic mass is 10.3. The first kappa shape index (κ1) is 12.0. The highest BCUT2D eigenvalue weighted by atomic mass is 127. The summed E-state index contributed by atoms with van der Waals surface area (Å²) in [5.41, 5.74) is 0.194. The first-order valence-corrected chi connectivity index (χ1v) is 5.08. The van der Waals surface area contributed by atoms with Gasteiger partial charge in [0.05, 0.1) is 21.3 Å². The Bertz CT molecular complexity index is 381. The summed E-state index contributed by atoms with van der Waals surface area (Å²) in [5.74, 6) is 0.455. The highest BCUT2D eigenvalue weighted by Gasteiger charge is 2.16. The Morgan fingerprint density at radius 2 is 2.00 bits per heavy atom. The monoisotopic (exact) mass is 323 g/mol. The van der Waals surface area contributed by atoms with Crippen molar-refractivity contribution in [1.82, 2.24) is 4.98 Å². The Balaban J connectivity index is 3.25. The molecule has 0 spiro atoms. The Hall–Kier alpha value is -1.05. The largest absolute Gasteiger partial charge is 0.493 e. The molecule has 0 amide bonds. The zero-order chi connectivity index (χ0) is 11.4. The molecule has 0 saturated heterocycles. The number of carbonyl (C=O) groups is 1. The Labute approximate surface area is 101 Å². The molecular weight excluding hydrogens is 313 g/mol. The minimum absolute atomic E-state index is 0.194. The number of nitrogens with zero attached hydrogens (tertiary/aromatic N) is 1. The first-order chi connectivity index (χ1) is 7.13. The third kappa shape index (κ3) is 2.49. The molecule has 0 unspecified atom stereocenters. The van der Waals surface area contributed by atoms with Gasteiger partial charge in [-0.1, -0.05) is 0 Å². The van der Waals surface area contributed by atoms with Crippen LogP contribution in [0.4, 0.5) is 0 Å². The number of methoxy groups -OCH3 is 3. The van der Waals surface area contributed by atoms with Gasteiger partial charge < -0.3 is 14.2 Å². The van der Waals surface area contributed by atoms with E-state index in [1.165, 1.54) is 27.4 Å². The molecule has 0 aliphatic rings. The van der Waals surface area contributed by atoms with Crippen LogP contribution in [0.1, 0.15) is 10.5 Å². The highest BCUT2D eigenvalue weighted by Crippen LogP contribution is 2.31. The molecule has 15 heavy (non-hydrogen) atoms. The molecule has 1 rings (SSSR count). The number of carbonyl (C=O) groups excluding carboxylic acids is 1. The van der Waals surface area contributed by atoms with Gasteiger partial charge in [0.2, 0.25) is 0 Å². The SMILES string of the molecule is COC(=O)c1cc(OC)c(OC)c(I)n1. The maximum Gasteiger partial charge on any atom is 0.356 e. The average molecular weight is 323 g/mol. The predicted molar refractivity (Wildman–Crippen MR) is 61.4 cm³/mol. The van der Waals surface area contributed by atoms with E-state index in [-0.39, 0.29) is 5.69 Å². The van der Waals surface area contributed by atoms with Crippen molar-refractivity contribution in [2.24, 2.45) is 0 Å². The number of rotatable bonds is 3. The summed E-state index contributed by atoms with van der Waals surface area (Å²) in [6.45, 7) is 0. The summed E-state index contributed by atoms with van der Waals surface area (Å²) in [5, 5.41) is 0. The van der Waals surface area contributed by atoms with Crippen molar-refractivity contribution in [3.05, 3.63) is 15.5 Å². The third-order valence-electron chi connectivity index (χ3n) is 1.72. The zero-order valence-corrected chi connectivity index (χ0v) is 10.7. The van der Waals surface area contributed by atoms with Gasteiger partial charge in [-0.25, -0.2) is 9.78 Å². The Kier molecular flexibility index (Phi) is 4.13. The van der Waals surface area contributed by atoms with Gasteiger partial charge in [0.15, 0.2) is 17.2 Å². The van der Waals surface area contributed by atoms with Crippen molar-refractivity contribution < 1.29 is 19.0 Å². The van der Waals surface area contributed by atoms with Gasteiger partial charge in [-0.05, 0) is 22.6 Å². The summed E-state index contributed by atoms with van der Waals surface area (Å²) in [4.78, 5) is 15.3. The molecule has 0 fully saturated rings. The van der Waals surface area contributed by atoms with Crippen LogP contribution in [0.3, 0.4) is 0 Å². The van der Waals surface area contributed by atoms with Crippen LogP contribution in [0.2, 0.25) is 0 Å². The summed E-state index contributed by atoms with van der Waals surface area (Å²) in [6.07, 6.45) is 0. The number of hydrogen-bond donors (Lipinski definition) is 0. The second kappa shape index (κ2) is 5.15. The molecule has 82 valence electrons. The number of hydrogen-bond acceptors (Lipinski definition) is 5. The number of aromatic nitrogens is 1. The molecular formula is C9H10INO4. The van der Waals surface area contributed by atoms with Gasteiger partial charge in [0.25, 0.3) is 0 Å². The van der Waals surface area contributed by atoms with Crippen LogP contribution in [0, 0.1) is 3.70 Å². The van der Waals surface area contributed by atoms with Crippen molar-refractivity contribution in [3.8, 4) is 11.5 Å². The van der Waals surface area contributed by atoms with E-state index >= 15 is 0 Å². The smallest absolute Gasteiger partial charge is 0.356 e. The quantitative estimate of drug-likeness (QED) is 0.479. The molecule has 5 nitrogen and oxygen atoms in total. The van der Waals surface area contributed by atoms with Crippen LogP contribution >= 0.6 is 22.6 Å². The van der Waals surface area contributed by atoms with Crippen LogP contribution < -0.4 is 9.47 Å². The summed E-state index contributed by atoms with van der Waals surface area (Å²) < 4.78 is 15.3. The van der Waals surface area contributed by atoms with Gasteiger partial charge in [-0.15, -0.1) is 0 Å². The van der Waals surface area contributed by atoms with Crippen LogP contribution in [0.5, 0.6) is 11.5 Å². The number of ether oxygens (including phenoxy) is 3. The van der Waals surface area contributed by atoms with E-state index in [9.17, 15) is 4.79 Å². The molecule has 0 aromatic carbocycles. The molecule has 1 aromatic rings. The average Bonchev–Trinajstić information content (AvgIpc) is 2.26. The van der Waals surface area contributed by atoms with E-state index in [4.69, 9.17) is 9.47 Å². The molecule has 0 aliphatic carbocycles. The zero-order valence-electron chi connectivity index (χ0n) is 8.54. The van der Waals surface area contributed by atoms with E-state index in [2.05, 4.69) is 9.72 Å². The summed E-state index contributed by atoms with van der Waals surface area (Å²) >= 11 is 1.96. The fourth-order valence-corrected chi connectivity index (χ4v) is 1.77. The normalized spacial score (nSPS) is 9.60. The van der Waals surface area contributed by atoms with Crippen molar-refractivity contribution in [1.29, 1.82) is 0 Å². The lowest BCUT2D eigenvalue weighted by molar-refractivity contribution is 0.0593. The van der Waals surface area contributed by atoms with Crippen molar-refractivity contribution in [3.63, 3.8) is 0 Å². The topological polar surface area (TPSA) is 57.7 Å². The van der Waals surface area contributed by atoms with Crippen LogP contribution in [-0.2, 0) is 4.74 Å². The van der Waals surface area contributed by atoms with Crippen LogP contribution in [0.15, 0.2) is 6.07 Å². The predicted octanol–water partition coefficient (Wildman–Crippen LogP) is 1.49. The van der Waals surface area contributed by atoms with Gasteiger partial charge >= 0.3 is 5.97 Å². The molecule has 0 radical (unpaired) electrons. The van der Waals surface area contributed by atoms with E-state index in [1.54, 1.807) is 0 Å². The first-order valence-electron chi connectivity index (χ1n) is 4.00.